The van der Waals surface area contributed by atoms with Crippen LogP contribution in [-0.2, 0) is 11.3 Å². The summed E-state index contributed by atoms with van der Waals surface area (Å²) >= 11 is 11.6. The number of morpholine rings is 1. The van der Waals surface area contributed by atoms with Crippen LogP contribution in [0.15, 0.2) is 40.8 Å². The van der Waals surface area contributed by atoms with Crippen LogP contribution in [0.2, 0.25) is 5.02 Å². The summed E-state index contributed by atoms with van der Waals surface area (Å²) in [7, 11) is 0. The molecule has 0 amide bonds. The van der Waals surface area contributed by atoms with E-state index >= 15 is 0 Å². The van der Waals surface area contributed by atoms with Gasteiger partial charge in [0.2, 0.25) is 0 Å². The van der Waals surface area contributed by atoms with Crippen molar-refractivity contribution in [2.75, 3.05) is 44.7 Å². The number of furan rings is 1. The van der Waals surface area contributed by atoms with Gasteiger partial charge >= 0.3 is 0 Å². The first kappa shape index (κ1) is 20.1. The number of nitrogens with one attached hydrogen (secondary N) is 1. The molecule has 0 spiro atoms. The van der Waals surface area contributed by atoms with Gasteiger partial charge in [-0.25, -0.2) is 0 Å². The van der Waals surface area contributed by atoms with Crippen molar-refractivity contribution in [3.63, 3.8) is 0 Å². The maximum atomic E-state index is 5.97. The highest BCUT2D eigenvalue weighted by atomic mass is 35.5. The van der Waals surface area contributed by atoms with E-state index in [4.69, 9.17) is 33.0 Å². The molecule has 1 fully saturated rings. The molecule has 0 atom stereocenters. The molecule has 1 N–H and O–H groups in total. The maximum Gasteiger partial charge on any atom is 0.173 e. The van der Waals surface area contributed by atoms with Crippen molar-refractivity contribution in [3.05, 3.63) is 52.9 Å². The number of aryl methyl sites for hydroxylation is 1. The zero-order valence-electron chi connectivity index (χ0n) is 15.6. The van der Waals surface area contributed by atoms with E-state index in [2.05, 4.69) is 15.1 Å². The molecular weight excluding hydrogens is 382 g/mol. The second-order valence-electron chi connectivity index (χ2n) is 6.68. The first-order chi connectivity index (χ1) is 13.1. The molecule has 146 valence electrons. The summed E-state index contributed by atoms with van der Waals surface area (Å²) < 4.78 is 11.2. The Morgan fingerprint density at radius 2 is 1.93 bits per heavy atom. The predicted octanol–water partition coefficient (Wildman–Crippen LogP) is 4.16. The van der Waals surface area contributed by atoms with Gasteiger partial charge in [-0.05, 0) is 62.0 Å². The first-order valence-electron chi connectivity index (χ1n) is 9.27. The third kappa shape index (κ3) is 6.50. The molecule has 0 unspecified atom stereocenters. The number of halogens is 1. The van der Waals surface area contributed by atoms with E-state index in [1.54, 1.807) is 0 Å². The van der Waals surface area contributed by atoms with Crippen LogP contribution in [-0.4, -0.2) is 54.3 Å². The first-order valence-corrected chi connectivity index (χ1v) is 10.1. The fourth-order valence-electron chi connectivity index (χ4n) is 3.06. The Labute approximate surface area is 171 Å². The average Bonchev–Trinajstić information content (AvgIpc) is 3.08. The van der Waals surface area contributed by atoms with Gasteiger partial charge in [-0.1, -0.05) is 11.6 Å². The second kappa shape index (κ2) is 10.1. The van der Waals surface area contributed by atoms with Gasteiger partial charge in [0, 0.05) is 36.9 Å². The Morgan fingerprint density at radius 1 is 1.19 bits per heavy atom. The molecule has 0 saturated carbocycles. The fourth-order valence-corrected chi connectivity index (χ4v) is 3.46. The summed E-state index contributed by atoms with van der Waals surface area (Å²) in [5.41, 5.74) is 0.929. The van der Waals surface area contributed by atoms with E-state index < -0.39 is 0 Å². The lowest BCUT2D eigenvalue weighted by atomic mass is 10.3. The molecule has 1 aliphatic rings. The molecular formula is C20H26ClN3O2S. The predicted molar refractivity (Wildman–Crippen MR) is 113 cm³/mol. The molecule has 3 rings (SSSR count). The lowest BCUT2D eigenvalue weighted by molar-refractivity contribution is 0.0367. The van der Waals surface area contributed by atoms with Crippen LogP contribution in [0.25, 0.3) is 0 Å². The summed E-state index contributed by atoms with van der Waals surface area (Å²) in [6, 6.07) is 11.6. The Hall–Kier alpha value is -1.60. The molecule has 2 heterocycles. The van der Waals surface area contributed by atoms with Gasteiger partial charge in [0.05, 0.1) is 19.8 Å². The number of ether oxygens (including phenoxy) is 1. The number of hydrogen-bond acceptors (Lipinski definition) is 4. The molecule has 1 saturated heterocycles. The molecule has 7 heteroatoms. The Morgan fingerprint density at radius 3 is 2.59 bits per heavy atom. The topological polar surface area (TPSA) is 40.9 Å². The fraction of sp³-hybridized carbons (Fsp3) is 0.450. The Bertz CT molecular complexity index is 729. The van der Waals surface area contributed by atoms with Crippen LogP contribution >= 0.6 is 23.8 Å². The minimum atomic E-state index is 0.649. The molecule has 0 radical (unpaired) electrons. The van der Waals surface area contributed by atoms with E-state index in [-0.39, 0.29) is 0 Å². The largest absolute Gasteiger partial charge is 0.464 e. The highest BCUT2D eigenvalue weighted by molar-refractivity contribution is 7.80. The number of benzene rings is 1. The van der Waals surface area contributed by atoms with Crippen LogP contribution in [0.5, 0.6) is 0 Å². The van der Waals surface area contributed by atoms with Crippen LogP contribution < -0.4 is 5.32 Å². The third-order valence-corrected chi connectivity index (χ3v) is 5.14. The van der Waals surface area contributed by atoms with E-state index in [0.29, 0.717) is 16.7 Å². The zero-order valence-corrected chi connectivity index (χ0v) is 17.2. The van der Waals surface area contributed by atoms with Crippen LogP contribution in [0, 0.1) is 6.92 Å². The number of rotatable bonds is 7. The van der Waals surface area contributed by atoms with Crippen molar-refractivity contribution < 1.29 is 9.15 Å². The van der Waals surface area contributed by atoms with Crippen molar-refractivity contribution in [1.82, 2.24) is 9.80 Å². The lowest BCUT2D eigenvalue weighted by Crippen LogP contribution is -2.39. The standard InChI is InChI=1S/C20H26ClN3O2S/c1-16-3-8-19(26-16)15-24(10-2-9-23-11-13-25-14-12-23)20(27)22-18-6-4-17(21)5-7-18/h3-8H,2,9-15H2,1H3,(H,22,27). The maximum absolute atomic E-state index is 5.97. The third-order valence-electron chi connectivity index (χ3n) is 4.53. The summed E-state index contributed by atoms with van der Waals surface area (Å²) in [6.07, 6.45) is 1.03. The molecule has 5 nitrogen and oxygen atoms in total. The molecule has 27 heavy (non-hydrogen) atoms. The van der Waals surface area contributed by atoms with E-state index in [1.807, 2.05) is 43.3 Å². The van der Waals surface area contributed by atoms with E-state index in [0.717, 1.165) is 63.0 Å². The van der Waals surface area contributed by atoms with Crippen LogP contribution in [0.3, 0.4) is 0 Å². The van der Waals surface area contributed by atoms with Gasteiger partial charge in [-0.15, -0.1) is 0 Å². The number of anilines is 1. The van der Waals surface area contributed by atoms with E-state index in [9.17, 15) is 0 Å². The molecule has 1 aromatic heterocycles. The smallest absolute Gasteiger partial charge is 0.173 e. The van der Waals surface area contributed by atoms with Gasteiger partial charge in [0.1, 0.15) is 11.5 Å². The lowest BCUT2D eigenvalue weighted by Gasteiger charge is -2.29. The molecule has 0 aliphatic carbocycles. The van der Waals surface area contributed by atoms with Gasteiger partial charge in [0.25, 0.3) is 0 Å². The van der Waals surface area contributed by atoms with Crippen LogP contribution in [0.1, 0.15) is 17.9 Å². The van der Waals surface area contributed by atoms with Gasteiger partial charge in [-0.2, -0.15) is 0 Å². The van der Waals surface area contributed by atoms with Crippen LogP contribution in [0.4, 0.5) is 5.69 Å². The van der Waals surface area contributed by atoms with E-state index in [1.165, 1.54) is 0 Å². The minimum Gasteiger partial charge on any atom is -0.464 e. The Balaban J connectivity index is 1.58. The van der Waals surface area contributed by atoms with Crippen molar-refractivity contribution in [2.24, 2.45) is 0 Å². The number of nitrogens with zero attached hydrogens (tertiary/aromatic N) is 2. The van der Waals surface area contributed by atoms with Gasteiger partial charge in [-0.3, -0.25) is 4.90 Å². The highest BCUT2D eigenvalue weighted by Crippen LogP contribution is 2.16. The number of hydrogen-bond donors (Lipinski definition) is 1. The molecule has 0 bridgehead atoms. The highest BCUT2D eigenvalue weighted by Gasteiger charge is 2.15. The normalized spacial score (nSPS) is 14.9. The van der Waals surface area contributed by atoms with Crippen molar-refractivity contribution in [1.29, 1.82) is 0 Å². The SMILES string of the molecule is Cc1ccc(CN(CCCN2CCOCC2)C(=S)Nc2ccc(Cl)cc2)o1. The molecule has 1 aliphatic heterocycles. The second-order valence-corrected chi connectivity index (χ2v) is 7.50. The summed E-state index contributed by atoms with van der Waals surface area (Å²) in [6.45, 7) is 8.16. The average molecular weight is 408 g/mol. The zero-order chi connectivity index (χ0) is 19.1. The van der Waals surface area contributed by atoms with Crippen molar-refractivity contribution in [2.45, 2.75) is 19.9 Å². The summed E-state index contributed by atoms with van der Waals surface area (Å²) in [5.74, 6) is 1.83. The monoisotopic (exact) mass is 407 g/mol. The minimum absolute atomic E-state index is 0.649. The molecule has 2 aromatic rings. The van der Waals surface area contributed by atoms with Gasteiger partial charge in [0.15, 0.2) is 5.11 Å². The van der Waals surface area contributed by atoms with Crippen molar-refractivity contribution >= 4 is 34.6 Å². The number of thiocarbonyl (C=S) groups is 1. The van der Waals surface area contributed by atoms with Gasteiger partial charge < -0.3 is 19.4 Å². The summed E-state index contributed by atoms with van der Waals surface area (Å²) in [5, 5.41) is 4.70. The summed E-state index contributed by atoms with van der Waals surface area (Å²) in [4.78, 5) is 4.59. The molecule has 1 aromatic carbocycles. The Kier molecular flexibility index (Phi) is 7.52. The van der Waals surface area contributed by atoms with Crippen molar-refractivity contribution in [3.8, 4) is 0 Å². The quantitative estimate of drug-likeness (QED) is 0.695.